The van der Waals surface area contributed by atoms with Crippen molar-refractivity contribution >= 4 is 0 Å². The molecule has 16 heavy (non-hydrogen) atoms. The van der Waals surface area contributed by atoms with Crippen molar-refractivity contribution in [1.29, 1.82) is 0 Å². The Labute approximate surface area is 100 Å². The Kier molecular flexibility index (Phi) is 3.68. The van der Waals surface area contributed by atoms with E-state index in [4.69, 9.17) is 0 Å². The third kappa shape index (κ3) is 2.48. The topological polar surface area (TPSA) is 0 Å². The van der Waals surface area contributed by atoms with Gasteiger partial charge in [0.2, 0.25) is 0 Å². The minimum Gasteiger partial charge on any atom is -0.0998 e. The summed E-state index contributed by atoms with van der Waals surface area (Å²) in [6.45, 7) is 10.6. The zero-order valence-electron chi connectivity index (χ0n) is 10.6. The van der Waals surface area contributed by atoms with Crippen LogP contribution in [0.2, 0.25) is 0 Å². The molecule has 1 fully saturated rings. The lowest BCUT2D eigenvalue weighted by atomic mass is 9.90. The van der Waals surface area contributed by atoms with Crippen molar-refractivity contribution in [2.45, 2.75) is 51.9 Å². The van der Waals surface area contributed by atoms with Gasteiger partial charge >= 0.3 is 0 Å². The Hall–Kier alpha value is -0.780. The second kappa shape index (κ2) is 5.03. The zero-order chi connectivity index (χ0) is 11.5. The van der Waals surface area contributed by atoms with E-state index < -0.39 is 0 Å². The van der Waals surface area contributed by atoms with E-state index in [-0.39, 0.29) is 0 Å². The maximum atomic E-state index is 4.23. The van der Waals surface area contributed by atoms with Crippen molar-refractivity contribution in [3.8, 4) is 0 Å². The third-order valence-corrected chi connectivity index (χ3v) is 4.29. The van der Waals surface area contributed by atoms with E-state index in [2.05, 4.69) is 26.2 Å². The van der Waals surface area contributed by atoms with Gasteiger partial charge in [-0.2, -0.15) is 0 Å². The highest BCUT2D eigenvalue weighted by molar-refractivity contribution is 5.34. The van der Waals surface area contributed by atoms with Gasteiger partial charge in [-0.1, -0.05) is 55.7 Å². The summed E-state index contributed by atoms with van der Waals surface area (Å²) >= 11 is 0. The fourth-order valence-corrected chi connectivity index (χ4v) is 3.11. The molecule has 0 heterocycles. The second-order valence-corrected chi connectivity index (χ2v) is 5.48. The van der Waals surface area contributed by atoms with E-state index in [9.17, 15) is 0 Å². The number of allylic oxidation sites excluding steroid dienone is 4. The lowest BCUT2D eigenvalue weighted by Gasteiger charge is -2.15. The molecule has 0 radical (unpaired) electrons. The summed E-state index contributed by atoms with van der Waals surface area (Å²) in [4.78, 5) is 0. The molecule has 2 rings (SSSR count). The van der Waals surface area contributed by atoms with Crippen molar-refractivity contribution < 1.29 is 0 Å². The van der Waals surface area contributed by atoms with Gasteiger partial charge in [0.05, 0.1) is 0 Å². The van der Waals surface area contributed by atoms with Crippen LogP contribution in [0.3, 0.4) is 0 Å². The maximum Gasteiger partial charge on any atom is -0.00933 e. The minimum atomic E-state index is 0.669. The smallest absolute Gasteiger partial charge is 0.00933 e. The van der Waals surface area contributed by atoms with Gasteiger partial charge in [-0.15, -0.1) is 0 Å². The van der Waals surface area contributed by atoms with Gasteiger partial charge in [-0.3, -0.25) is 0 Å². The fraction of sp³-hybridized carbons (Fsp3) is 0.625. The van der Waals surface area contributed by atoms with Crippen LogP contribution in [0.1, 0.15) is 51.9 Å². The van der Waals surface area contributed by atoms with Gasteiger partial charge in [0.1, 0.15) is 0 Å². The molecular formula is C16H24. The Morgan fingerprint density at radius 1 is 1.38 bits per heavy atom. The molecule has 0 amide bonds. The molecular weight excluding hydrogens is 192 g/mol. The number of hydrogen-bond donors (Lipinski definition) is 0. The van der Waals surface area contributed by atoms with E-state index in [1.807, 2.05) is 0 Å². The van der Waals surface area contributed by atoms with E-state index in [1.54, 1.807) is 5.57 Å². The largest absolute Gasteiger partial charge is 0.0998 e. The highest BCUT2D eigenvalue weighted by Crippen LogP contribution is 2.42. The average molecular weight is 216 g/mol. The molecule has 1 saturated carbocycles. The highest BCUT2D eigenvalue weighted by Gasteiger charge is 2.27. The normalized spacial score (nSPS) is 26.2. The number of rotatable bonds is 4. The molecule has 0 aliphatic heterocycles. The van der Waals surface area contributed by atoms with E-state index >= 15 is 0 Å². The van der Waals surface area contributed by atoms with Crippen molar-refractivity contribution in [3.05, 3.63) is 36.0 Å². The van der Waals surface area contributed by atoms with Gasteiger partial charge in [0.15, 0.2) is 0 Å². The average Bonchev–Trinajstić information content (AvgIpc) is 2.88. The standard InChI is InChI=1S/C16H24/c1-4-12(2)9-15-11-16(10-13(15)3)14-7-5-6-8-14/h10,14-15H,2-9,11H2,1H3. The number of hydrogen-bond acceptors (Lipinski definition) is 0. The van der Waals surface area contributed by atoms with E-state index in [0.717, 1.165) is 18.8 Å². The molecule has 0 spiro atoms. The molecule has 1 atom stereocenters. The Balaban J connectivity index is 1.93. The van der Waals surface area contributed by atoms with E-state index in [0.29, 0.717) is 5.92 Å². The molecule has 88 valence electrons. The van der Waals surface area contributed by atoms with Crippen LogP contribution in [0.25, 0.3) is 0 Å². The highest BCUT2D eigenvalue weighted by atomic mass is 14.3. The summed E-state index contributed by atoms with van der Waals surface area (Å²) in [5.74, 6) is 1.56. The molecule has 2 aliphatic rings. The van der Waals surface area contributed by atoms with Gasteiger partial charge in [-0.05, 0) is 43.9 Å². The van der Waals surface area contributed by atoms with Crippen molar-refractivity contribution in [2.24, 2.45) is 11.8 Å². The molecule has 2 aliphatic carbocycles. The van der Waals surface area contributed by atoms with Crippen LogP contribution in [-0.2, 0) is 0 Å². The van der Waals surface area contributed by atoms with Crippen LogP contribution < -0.4 is 0 Å². The SMILES string of the molecule is C=C(CC)CC1CC(C2CCCC2)=CC1=C. The molecule has 0 bridgehead atoms. The molecule has 0 nitrogen and oxygen atoms in total. The first-order chi connectivity index (χ1) is 7.70. The summed E-state index contributed by atoms with van der Waals surface area (Å²) in [5, 5.41) is 0. The van der Waals surface area contributed by atoms with Crippen LogP contribution in [0, 0.1) is 11.8 Å². The zero-order valence-corrected chi connectivity index (χ0v) is 10.6. The van der Waals surface area contributed by atoms with Gasteiger partial charge < -0.3 is 0 Å². The predicted molar refractivity (Wildman–Crippen MR) is 71.3 cm³/mol. The van der Waals surface area contributed by atoms with Crippen LogP contribution >= 0.6 is 0 Å². The lowest BCUT2D eigenvalue weighted by Crippen LogP contribution is -2.02. The lowest BCUT2D eigenvalue weighted by molar-refractivity contribution is 0.561. The summed E-state index contributed by atoms with van der Waals surface area (Å²) in [6, 6.07) is 0. The van der Waals surface area contributed by atoms with Gasteiger partial charge in [0, 0.05) is 0 Å². The van der Waals surface area contributed by atoms with Crippen molar-refractivity contribution in [1.82, 2.24) is 0 Å². The quantitative estimate of drug-likeness (QED) is 0.578. The summed E-state index contributed by atoms with van der Waals surface area (Å²) in [7, 11) is 0. The molecule has 0 heteroatoms. The monoisotopic (exact) mass is 216 g/mol. The minimum absolute atomic E-state index is 0.669. The van der Waals surface area contributed by atoms with Crippen LogP contribution in [0.4, 0.5) is 0 Å². The Morgan fingerprint density at radius 2 is 2.06 bits per heavy atom. The van der Waals surface area contributed by atoms with E-state index in [1.165, 1.54) is 43.3 Å². The molecule has 0 N–H and O–H groups in total. The van der Waals surface area contributed by atoms with Crippen LogP contribution in [0.15, 0.2) is 36.0 Å². The first-order valence-electron chi connectivity index (χ1n) is 6.76. The van der Waals surface area contributed by atoms with Crippen LogP contribution in [-0.4, -0.2) is 0 Å². The Bertz CT molecular complexity index is 313. The maximum absolute atomic E-state index is 4.23. The Morgan fingerprint density at radius 3 is 2.69 bits per heavy atom. The molecule has 0 aromatic rings. The first kappa shape index (κ1) is 11.7. The molecule has 0 aromatic carbocycles. The molecule has 1 unspecified atom stereocenters. The molecule has 0 saturated heterocycles. The van der Waals surface area contributed by atoms with Gasteiger partial charge in [-0.25, -0.2) is 0 Å². The second-order valence-electron chi connectivity index (χ2n) is 5.48. The van der Waals surface area contributed by atoms with Crippen molar-refractivity contribution in [2.75, 3.05) is 0 Å². The fourth-order valence-electron chi connectivity index (χ4n) is 3.11. The predicted octanol–water partition coefficient (Wildman–Crippen LogP) is 5.04. The first-order valence-corrected chi connectivity index (χ1v) is 6.76. The third-order valence-electron chi connectivity index (χ3n) is 4.29. The van der Waals surface area contributed by atoms with Crippen LogP contribution in [0.5, 0.6) is 0 Å². The summed E-state index contributed by atoms with van der Waals surface area (Å²) in [6.07, 6.45) is 11.6. The summed E-state index contributed by atoms with van der Waals surface area (Å²) < 4.78 is 0. The summed E-state index contributed by atoms with van der Waals surface area (Å²) in [5.41, 5.74) is 4.43. The molecule has 0 aromatic heterocycles. The van der Waals surface area contributed by atoms with Crippen molar-refractivity contribution in [3.63, 3.8) is 0 Å². The van der Waals surface area contributed by atoms with Gasteiger partial charge in [0.25, 0.3) is 0 Å².